The highest BCUT2D eigenvalue weighted by Crippen LogP contribution is 2.45. The van der Waals surface area contributed by atoms with Gasteiger partial charge in [-0.1, -0.05) is 6.07 Å². The Bertz CT molecular complexity index is 618. The lowest BCUT2D eigenvalue weighted by Crippen LogP contribution is -2.55. The molecule has 1 aromatic rings. The number of nitrogens with two attached hydrogens (primary N) is 1. The molecule has 1 saturated heterocycles. The van der Waals surface area contributed by atoms with Gasteiger partial charge in [0.05, 0.1) is 19.3 Å². The number of nitrogens with one attached hydrogen (secondary N) is 1. The van der Waals surface area contributed by atoms with E-state index in [9.17, 15) is 14.0 Å². The first-order valence-corrected chi connectivity index (χ1v) is 7.62. The molecular weight excluding hydrogens is 303 g/mol. The topological polar surface area (TPSA) is 90.7 Å². The minimum atomic E-state index is -1.08. The van der Waals surface area contributed by atoms with Crippen LogP contribution in [0.5, 0.6) is 5.75 Å². The number of ether oxygens (including phenoxy) is 2. The summed E-state index contributed by atoms with van der Waals surface area (Å²) in [5.74, 6) is -0.976. The van der Waals surface area contributed by atoms with Crippen molar-refractivity contribution in [1.82, 2.24) is 5.32 Å². The smallest absolute Gasteiger partial charge is 0.236 e. The van der Waals surface area contributed by atoms with Crippen molar-refractivity contribution in [2.24, 2.45) is 11.1 Å². The number of amides is 2. The van der Waals surface area contributed by atoms with E-state index in [0.29, 0.717) is 31.6 Å². The zero-order valence-corrected chi connectivity index (χ0v) is 12.6. The first-order chi connectivity index (χ1) is 11.0. The van der Waals surface area contributed by atoms with Crippen molar-refractivity contribution in [3.63, 3.8) is 0 Å². The third kappa shape index (κ3) is 3.29. The van der Waals surface area contributed by atoms with Crippen LogP contribution in [0.1, 0.15) is 19.3 Å². The van der Waals surface area contributed by atoms with Crippen LogP contribution in [0.4, 0.5) is 4.39 Å². The van der Waals surface area contributed by atoms with Crippen LogP contribution in [0.25, 0.3) is 0 Å². The molecule has 3 rings (SSSR count). The molecular formula is C16H19FN2O4. The number of rotatable bonds is 5. The monoisotopic (exact) mass is 322 g/mol. The van der Waals surface area contributed by atoms with Gasteiger partial charge in [-0.2, -0.15) is 0 Å². The third-order valence-electron chi connectivity index (χ3n) is 4.35. The number of hydrogen-bond donors (Lipinski definition) is 2. The third-order valence-corrected chi connectivity index (χ3v) is 4.35. The van der Waals surface area contributed by atoms with E-state index in [1.54, 1.807) is 12.1 Å². The van der Waals surface area contributed by atoms with Crippen LogP contribution < -0.4 is 15.8 Å². The van der Waals surface area contributed by atoms with Crippen molar-refractivity contribution in [1.29, 1.82) is 0 Å². The van der Waals surface area contributed by atoms with E-state index in [1.807, 2.05) is 0 Å². The van der Waals surface area contributed by atoms with Crippen LogP contribution in [0.3, 0.4) is 0 Å². The van der Waals surface area contributed by atoms with Crippen LogP contribution >= 0.6 is 0 Å². The standard InChI is InChI=1S/C16H19FN2O4/c17-10-2-1-3-11(8-10)23-13-4-7-22-9-12(13)19-15(21)16(5-6-16)14(18)20/h1-3,8,12-13H,4-7,9H2,(H2,18,20)(H,19,21)/t12-,13+/m1/s1. The number of halogens is 1. The van der Waals surface area contributed by atoms with E-state index < -0.39 is 17.4 Å². The molecule has 23 heavy (non-hydrogen) atoms. The molecule has 0 aromatic heterocycles. The maximum Gasteiger partial charge on any atom is 0.236 e. The Kier molecular flexibility index (Phi) is 4.21. The molecule has 0 bridgehead atoms. The molecule has 1 heterocycles. The van der Waals surface area contributed by atoms with Gasteiger partial charge in [0, 0.05) is 12.5 Å². The molecule has 124 valence electrons. The minimum absolute atomic E-state index is 0.278. The van der Waals surface area contributed by atoms with Gasteiger partial charge in [-0.3, -0.25) is 9.59 Å². The molecule has 3 N–H and O–H groups in total. The van der Waals surface area contributed by atoms with Crippen LogP contribution in [0.15, 0.2) is 24.3 Å². The first kappa shape index (κ1) is 15.7. The predicted octanol–water partition coefficient (Wildman–Crippen LogP) is 0.744. The Labute approximate surface area is 133 Å². The number of carbonyl (C=O) groups excluding carboxylic acids is 2. The van der Waals surface area contributed by atoms with Crippen molar-refractivity contribution >= 4 is 11.8 Å². The SMILES string of the molecule is NC(=O)C1(C(=O)N[C@@H]2COCC[C@@H]2Oc2cccc(F)c2)CC1. The lowest BCUT2D eigenvalue weighted by Gasteiger charge is -2.33. The molecule has 2 amide bonds. The average molecular weight is 322 g/mol. The molecule has 0 spiro atoms. The van der Waals surface area contributed by atoms with Crippen LogP contribution in [0, 0.1) is 11.2 Å². The summed E-state index contributed by atoms with van der Waals surface area (Å²) in [5, 5.41) is 2.80. The summed E-state index contributed by atoms with van der Waals surface area (Å²) in [5.41, 5.74) is 4.23. The number of primary amides is 1. The van der Waals surface area contributed by atoms with Crippen molar-refractivity contribution in [2.45, 2.75) is 31.4 Å². The van der Waals surface area contributed by atoms with Gasteiger partial charge in [0.25, 0.3) is 0 Å². The fourth-order valence-corrected chi connectivity index (χ4v) is 2.73. The van der Waals surface area contributed by atoms with Crippen molar-refractivity contribution in [3.8, 4) is 5.75 Å². The fraction of sp³-hybridized carbons (Fsp3) is 0.500. The lowest BCUT2D eigenvalue weighted by atomic mass is 10.0. The summed E-state index contributed by atoms with van der Waals surface area (Å²) >= 11 is 0. The molecule has 2 atom stereocenters. The lowest BCUT2D eigenvalue weighted by molar-refractivity contribution is -0.137. The molecule has 7 heteroatoms. The molecule has 1 aliphatic carbocycles. The zero-order valence-electron chi connectivity index (χ0n) is 12.6. The molecule has 1 aromatic carbocycles. The van der Waals surface area contributed by atoms with Crippen LogP contribution in [-0.2, 0) is 14.3 Å². The van der Waals surface area contributed by atoms with E-state index in [0.717, 1.165) is 0 Å². The summed E-state index contributed by atoms with van der Waals surface area (Å²) in [6.07, 6.45) is 1.15. The van der Waals surface area contributed by atoms with E-state index in [2.05, 4.69) is 5.32 Å². The summed E-state index contributed by atoms with van der Waals surface area (Å²) in [4.78, 5) is 23.7. The maximum atomic E-state index is 13.3. The second-order valence-electron chi connectivity index (χ2n) is 6.00. The second kappa shape index (κ2) is 6.16. The van der Waals surface area contributed by atoms with Gasteiger partial charge < -0.3 is 20.5 Å². The maximum absolute atomic E-state index is 13.3. The fourth-order valence-electron chi connectivity index (χ4n) is 2.73. The average Bonchev–Trinajstić information content (AvgIpc) is 3.31. The molecule has 1 saturated carbocycles. The van der Waals surface area contributed by atoms with Gasteiger partial charge in [0.15, 0.2) is 0 Å². The number of carbonyl (C=O) groups is 2. The first-order valence-electron chi connectivity index (χ1n) is 7.62. The molecule has 2 fully saturated rings. The van der Waals surface area contributed by atoms with Crippen molar-refractivity contribution in [2.75, 3.05) is 13.2 Å². The normalized spacial score (nSPS) is 25.4. The Morgan fingerprint density at radius 1 is 1.39 bits per heavy atom. The Morgan fingerprint density at radius 3 is 2.83 bits per heavy atom. The highest BCUT2D eigenvalue weighted by molar-refractivity contribution is 6.07. The van der Waals surface area contributed by atoms with Crippen LogP contribution in [-0.4, -0.2) is 37.2 Å². The molecule has 1 aliphatic heterocycles. The summed E-state index contributed by atoms with van der Waals surface area (Å²) in [6, 6.07) is 5.43. The van der Waals surface area contributed by atoms with Crippen molar-refractivity contribution < 1.29 is 23.5 Å². The van der Waals surface area contributed by atoms with Crippen molar-refractivity contribution in [3.05, 3.63) is 30.1 Å². The van der Waals surface area contributed by atoms with E-state index in [4.69, 9.17) is 15.2 Å². The summed E-state index contributed by atoms with van der Waals surface area (Å²) < 4.78 is 24.4. The zero-order chi connectivity index (χ0) is 16.4. The van der Waals surface area contributed by atoms with Crippen LogP contribution in [0.2, 0.25) is 0 Å². The molecule has 2 aliphatic rings. The van der Waals surface area contributed by atoms with Gasteiger partial charge in [-0.05, 0) is 25.0 Å². The quantitative estimate of drug-likeness (QED) is 0.783. The minimum Gasteiger partial charge on any atom is -0.488 e. The van der Waals surface area contributed by atoms with Gasteiger partial charge in [0.1, 0.15) is 23.1 Å². The highest BCUT2D eigenvalue weighted by atomic mass is 19.1. The Hall–Kier alpha value is -2.15. The van der Waals surface area contributed by atoms with Gasteiger partial charge in [0.2, 0.25) is 11.8 Å². The molecule has 0 unspecified atom stereocenters. The van der Waals surface area contributed by atoms with Gasteiger partial charge >= 0.3 is 0 Å². The summed E-state index contributed by atoms with van der Waals surface area (Å²) in [6.45, 7) is 0.772. The van der Waals surface area contributed by atoms with E-state index in [-0.39, 0.29) is 24.4 Å². The van der Waals surface area contributed by atoms with Gasteiger partial charge in [-0.25, -0.2) is 4.39 Å². The highest BCUT2D eigenvalue weighted by Gasteiger charge is 2.56. The van der Waals surface area contributed by atoms with E-state index >= 15 is 0 Å². The summed E-state index contributed by atoms with van der Waals surface area (Å²) in [7, 11) is 0. The molecule has 6 nitrogen and oxygen atoms in total. The van der Waals surface area contributed by atoms with Gasteiger partial charge in [-0.15, -0.1) is 0 Å². The largest absolute Gasteiger partial charge is 0.488 e. The Balaban J connectivity index is 1.67. The Morgan fingerprint density at radius 2 is 2.17 bits per heavy atom. The predicted molar refractivity (Wildman–Crippen MR) is 79.0 cm³/mol. The number of benzene rings is 1. The van der Waals surface area contributed by atoms with E-state index in [1.165, 1.54) is 12.1 Å². The number of hydrogen-bond acceptors (Lipinski definition) is 4. The second-order valence-corrected chi connectivity index (χ2v) is 6.00. The molecule has 0 radical (unpaired) electrons.